The third kappa shape index (κ3) is 6.58. The van der Waals surface area contributed by atoms with Gasteiger partial charge in [0.1, 0.15) is 0 Å². The fourth-order valence-electron chi connectivity index (χ4n) is 2.91. The summed E-state index contributed by atoms with van der Waals surface area (Å²) in [7, 11) is 0. The lowest BCUT2D eigenvalue weighted by Gasteiger charge is -2.08. The number of hydrogen-bond acceptors (Lipinski definition) is 5. The number of unbranched alkanes of at least 4 members (excludes halogenated alkanes) is 2. The van der Waals surface area contributed by atoms with Crippen molar-refractivity contribution in [3.8, 4) is 0 Å². The second-order valence-corrected chi connectivity index (χ2v) is 8.78. The van der Waals surface area contributed by atoms with Crippen LogP contribution >= 0.6 is 23.1 Å². The number of hydrogen-bond donors (Lipinski definition) is 2. The number of carbonyl (C=O) groups excluding carboxylic acids is 2. The number of amides is 2. The van der Waals surface area contributed by atoms with Crippen molar-refractivity contribution in [2.24, 2.45) is 0 Å². The minimum absolute atomic E-state index is 0.00310. The quantitative estimate of drug-likeness (QED) is 0.357. The van der Waals surface area contributed by atoms with E-state index >= 15 is 0 Å². The molecule has 0 aliphatic heterocycles. The van der Waals surface area contributed by atoms with Crippen molar-refractivity contribution in [3.05, 3.63) is 53.5 Å². The number of thioether (sulfide) groups is 1. The Hall–Kier alpha value is -2.38. The standard InChI is InChI=1S/C22H25N3O2S2/c1-2-3-6-12-23-20(26)13-17-14-28-22(24-17)29-15-21(27)25-19-11-7-9-16-8-4-5-10-18(16)19/h4-5,7-11,14H,2-3,6,12-13,15H2,1H3,(H,23,26)(H,25,27). The first kappa shape index (κ1) is 21.3. The predicted octanol–water partition coefficient (Wildman–Crippen LogP) is 4.88. The molecule has 29 heavy (non-hydrogen) atoms. The van der Waals surface area contributed by atoms with Crippen molar-refractivity contribution in [3.63, 3.8) is 0 Å². The molecule has 5 nitrogen and oxygen atoms in total. The molecule has 1 heterocycles. The van der Waals surface area contributed by atoms with Crippen molar-refractivity contribution in [1.82, 2.24) is 10.3 Å². The van der Waals surface area contributed by atoms with Crippen molar-refractivity contribution >= 4 is 51.4 Å². The molecule has 0 spiro atoms. The number of fused-ring (bicyclic) bond motifs is 1. The van der Waals surface area contributed by atoms with Gasteiger partial charge in [0.25, 0.3) is 0 Å². The van der Waals surface area contributed by atoms with E-state index in [0.717, 1.165) is 45.8 Å². The van der Waals surface area contributed by atoms with Crippen LogP contribution in [0.4, 0.5) is 5.69 Å². The molecular weight excluding hydrogens is 402 g/mol. The van der Waals surface area contributed by atoms with Gasteiger partial charge in [0.2, 0.25) is 11.8 Å². The molecule has 2 aromatic carbocycles. The zero-order valence-electron chi connectivity index (χ0n) is 16.4. The maximum atomic E-state index is 12.4. The van der Waals surface area contributed by atoms with Crippen molar-refractivity contribution in [2.75, 3.05) is 17.6 Å². The first-order valence-electron chi connectivity index (χ1n) is 9.77. The second-order valence-electron chi connectivity index (χ2n) is 6.70. The summed E-state index contributed by atoms with van der Waals surface area (Å²) >= 11 is 2.86. The Bertz CT molecular complexity index is 966. The molecule has 2 N–H and O–H groups in total. The van der Waals surface area contributed by atoms with Crippen LogP contribution in [-0.4, -0.2) is 29.1 Å². The lowest BCUT2D eigenvalue weighted by atomic mass is 10.1. The van der Waals surface area contributed by atoms with Gasteiger partial charge in [-0.25, -0.2) is 4.98 Å². The van der Waals surface area contributed by atoms with E-state index < -0.39 is 0 Å². The first-order chi connectivity index (χ1) is 14.2. The number of rotatable bonds is 10. The molecule has 0 bridgehead atoms. The predicted molar refractivity (Wildman–Crippen MR) is 122 cm³/mol. The number of thiazole rings is 1. The van der Waals surface area contributed by atoms with Gasteiger partial charge >= 0.3 is 0 Å². The van der Waals surface area contributed by atoms with Crippen LogP contribution in [0.3, 0.4) is 0 Å². The summed E-state index contributed by atoms with van der Waals surface area (Å²) in [4.78, 5) is 28.8. The maximum Gasteiger partial charge on any atom is 0.234 e. The number of benzene rings is 2. The van der Waals surface area contributed by atoms with Crippen LogP contribution in [0.1, 0.15) is 31.9 Å². The Morgan fingerprint density at radius 3 is 2.76 bits per heavy atom. The highest BCUT2D eigenvalue weighted by atomic mass is 32.2. The molecule has 0 saturated heterocycles. The van der Waals surface area contributed by atoms with Gasteiger partial charge in [-0.15, -0.1) is 11.3 Å². The monoisotopic (exact) mass is 427 g/mol. The second kappa shape index (κ2) is 11.0. The molecule has 1 aromatic heterocycles. The lowest BCUT2D eigenvalue weighted by molar-refractivity contribution is -0.120. The average molecular weight is 428 g/mol. The van der Waals surface area contributed by atoms with Gasteiger partial charge in [0.05, 0.1) is 17.9 Å². The summed E-state index contributed by atoms with van der Waals surface area (Å²) in [6.45, 7) is 2.85. The number of nitrogens with zero attached hydrogens (tertiary/aromatic N) is 1. The lowest BCUT2D eigenvalue weighted by Crippen LogP contribution is -2.26. The van der Waals surface area contributed by atoms with Gasteiger partial charge in [-0.2, -0.15) is 0 Å². The highest BCUT2D eigenvalue weighted by Gasteiger charge is 2.11. The molecule has 0 aliphatic carbocycles. The Morgan fingerprint density at radius 1 is 1.07 bits per heavy atom. The van der Waals surface area contributed by atoms with Crippen LogP contribution in [0, 0.1) is 0 Å². The van der Waals surface area contributed by atoms with E-state index in [9.17, 15) is 9.59 Å². The Balaban J connectivity index is 1.46. The van der Waals surface area contributed by atoms with Crippen LogP contribution < -0.4 is 10.6 Å². The number of nitrogens with one attached hydrogen (secondary N) is 2. The molecule has 0 atom stereocenters. The van der Waals surface area contributed by atoms with Gasteiger partial charge in [-0.1, -0.05) is 67.9 Å². The fraction of sp³-hybridized carbons (Fsp3) is 0.318. The molecule has 0 saturated carbocycles. The number of aromatic nitrogens is 1. The summed E-state index contributed by atoms with van der Waals surface area (Å²) in [6, 6.07) is 13.8. The Kier molecular flexibility index (Phi) is 8.07. The van der Waals surface area contributed by atoms with E-state index in [1.165, 1.54) is 23.1 Å². The first-order valence-corrected chi connectivity index (χ1v) is 11.6. The zero-order valence-corrected chi connectivity index (χ0v) is 18.1. The molecular formula is C22H25N3O2S2. The molecule has 3 rings (SSSR count). The normalized spacial score (nSPS) is 10.8. The van der Waals surface area contributed by atoms with Crippen LogP contribution in [0.2, 0.25) is 0 Å². The Labute approximate surface area is 179 Å². The highest BCUT2D eigenvalue weighted by Crippen LogP contribution is 2.25. The molecule has 0 radical (unpaired) electrons. The summed E-state index contributed by atoms with van der Waals surface area (Å²) in [5, 5.41) is 9.90. The van der Waals surface area contributed by atoms with Crippen LogP contribution in [0.25, 0.3) is 10.8 Å². The van der Waals surface area contributed by atoms with E-state index in [1.54, 1.807) is 0 Å². The van der Waals surface area contributed by atoms with Crippen molar-refractivity contribution in [2.45, 2.75) is 36.9 Å². The number of carbonyl (C=O) groups is 2. The highest BCUT2D eigenvalue weighted by molar-refractivity contribution is 8.01. The largest absolute Gasteiger partial charge is 0.356 e. The third-order valence-electron chi connectivity index (χ3n) is 4.37. The van der Waals surface area contributed by atoms with E-state index in [2.05, 4.69) is 22.5 Å². The van der Waals surface area contributed by atoms with E-state index in [4.69, 9.17) is 0 Å². The van der Waals surface area contributed by atoms with E-state index in [1.807, 2.05) is 47.8 Å². The van der Waals surface area contributed by atoms with Crippen molar-refractivity contribution in [1.29, 1.82) is 0 Å². The molecule has 0 fully saturated rings. The average Bonchev–Trinajstić information content (AvgIpc) is 3.17. The Morgan fingerprint density at radius 2 is 1.90 bits per heavy atom. The van der Waals surface area contributed by atoms with E-state index in [0.29, 0.717) is 6.54 Å². The molecule has 2 amide bonds. The molecule has 152 valence electrons. The summed E-state index contributed by atoms with van der Waals surface area (Å²) < 4.78 is 0.798. The zero-order chi connectivity index (χ0) is 20.5. The minimum Gasteiger partial charge on any atom is -0.356 e. The van der Waals surface area contributed by atoms with Crippen LogP contribution in [0.5, 0.6) is 0 Å². The molecule has 7 heteroatoms. The van der Waals surface area contributed by atoms with Gasteiger partial charge in [0.15, 0.2) is 4.34 Å². The molecule has 0 unspecified atom stereocenters. The van der Waals surface area contributed by atoms with Crippen molar-refractivity contribution < 1.29 is 9.59 Å². The SMILES string of the molecule is CCCCCNC(=O)Cc1csc(SCC(=O)Nc2cccc3ccccc23)n1. The molecule has 0 aliphatic rings. The van der Waals surface area contributed by atoms with Crippen LogP contribution in [-0.2, 0) is 16.0 Å². The smallest absolute Gasteiger partial charge is 0.234 e. The summed E-state index contributed by atoms with van der Waals surface area (Å²) in [6.07, 6.45) is 3.55. The van der Waals surface area contributed by atoms with Gasteiger partial charge < -0.3 is 10.6 Å². The van der Waals surface area contributed by atoms with Gasteiger partial charge in [0, 0.05) is 23.0 Å². The fourth-order valence-corrected chi connectivity index (χ4v) is 4.56. The van der Waals surface area contributed by atoms with Gasteiger partial charge in [-0.3, -0.25) is 9.59 Å². The summed E-state index contributed by atoms with van der Waals surface area (Å²) in [5.41, 5.74) is 1.56. The minimum atomic E-state index is -0.0724. The topological polar surface area (TPSA) is 71.1 Å². The van der Waals surface area contributed by atoms with E-state index in [-0.39, 0.29) is 24.0 Å². The number of anilines is 1. The third-order valence-corrected chi connectivity index (χ3v) is 6.44. The van der Waals surface area contributed by atoms with Crippen LogP contribution in [0.15, 0.2) is 52.2 Å². The maximum absolute atomic E-state index is 12.4. The van der Waals surface area contributed by atoms with Gasteiger partial charge in [-0.05, 0) is 17.9 Å². The molecule has 3 aromatic rings. The summed E-state index contributed by atoms with van der Waals surface area (Å²) in [5.74, 6) is 0.202.